The van der Waals surface area contributed by atoms with E-state index in [2.05, 4.69) is 4.98 Å². The summed E-state index contributed by atoms with van der Waals surface area (Å²) in [5.41, 5.74) is 1.20. The molecule has 0 aromatic carbocycles. The third-order valence-electron chi connectivity index (χ3n) is 2.23. The number of hydroxylamine groups is 2. The lowest BCUT2D eigenvalue weighted by Gasteiger charge is -2.17. The van der Waals surface area contributed by atoms with Gasteiger partial charge in [-0.15, -0.1) is 0 Å². The number of amides is 1. The van der Waals surface area contributed by atoms with Gasteiger partial charge in [0.2, 0.25) is 0 Å². The molecule has 5 heteroatoms. The first-order valence-corrected chi connectivity index (χ1v) is 5.33. The Hall–Kier alpha value is -1.13. The molecular weight excluding hydrogens is 228 g/mol. The lowest BCUT2D eigenvalue weighted by atomic mass is 10.0. The van der Waals surface area contributed by atoms with E-state index in [9.17, 15) is 4.79 Å². The maximum absolute atomic E-state index is 11.9. The van der Waals surface area contributed by atoms with Gasteiger partial charge < -0.3 is 0 Å². The number of hydrogen-bond donors (Lipinski definition) is 0. The van der Waals surface area contributed by atoms with Crippen LogP contribution in [0.3, 0.4) is 0 Å². The van der Waals surface area contributed by atoms with Gasteiger partial charge in [-0.3, -0.25) is 9.63 Å². The van der Waals surface area contributed by atoms with Crippen molar-refractivity contribution in [2.75, 3.05) is 14.2 Å². The molecule has 0 fully saturated rings. The van der Waals surface area contributed by atoms with Crippen LogP contribution < -0.4 is 0 Å². The molecule has 0 atom stereocenters. The van der Waals surface area contributed by atoms with Gasteiger partial charge >= 0.3 is 0 Å². The molecule has 1 aromatic heterocycles. The Morgan fingerprint density at radius 3 is 2.62 bits per heavy atom. The van der Waals surface area contributed by atoms with Crippen molar-refractivity contribution in [3.05, 3.63) is 28.5 Å². The van der Waals surface area contributed by atoms with E-state index in [1.165, 1.54) is 7.11 Å². The second-order valence-corrected chi connectivity index (χ2v) is 4.09. The minimum absolute atomic E-state index is 0.128. The van der Waals surface area contributed by atoms with Crippen molar-refractivity contribution in [1.29, 1.82) is 0 Å². The molecule has 0 N–H and O–H groups in total. The monoisotopic (exact) mass is 242 g/mol. The Kier molecular flexibility index (Phi) is 4.26. The molecular formula is C11H15ClN2O2. The molecule has 88 valence electrons. The molecule has 0 spiro atoms. The van der Waals surface area contributed by atoms with E-state index in [1.807, 2.05) is 13.8 Å². The Balaban J connectivity index is 3.17. The van der Waals surface area contributed by atoms with Crippen molar-refractivity contribution in [2.45, 2.75) is 19.8 Å². The minimum atomic E-state index is -0.227. The number of halogens is 1. The standard InChI is InChI=1S/C11H15ClN2O2/c1-7(2)10-8(5-6-9(12)13-10)11(15)14(3)16-4/h5-7H,1-4H3. The molecule has 0 saturated carbocycles. The molecule has 1 aromatic rings. The quantitative estimate of drug-likeness (QED) is 0.604. The van der Waals surface area contributed by atoms with Gasteiger partial charge in [-0.25, -0.2) is 10.0 Å². The molecule has 0 aliphatic rings. The summed E-state index contributed by atoms with van der Waals surface area (Å²) in [6, 6.07) is 3.27. The van der Waals surface area contributed by atoms with E-state index in [0.717, 1.165) is 5.06 Å². The van der Waals surface area contributed by atoms with Crippen molar-refractivity contribution >= 4 is 17.5 Å². The van der Waals surface area contributed by atoms with Crippen LogP contribution >= 0.6 is 11.6 Å². The first-order valence-electron chi connectivity index (χ1n) is 4.96. The van der Waals surface area contributed by atoms with Crippen LogP contribution in [0.15, 0.2) is 12.1 Å². The fourth-order valence-corrected chi connectivity index (χ4v) is 1.48. The number of carbonyl (C=O) groups excluding carboxylic acids is 1. The van der Waals surface area contributed by atoms with Crippen molar-refractivity contribution in [3.8, 4) is 0 Å². The lowest BCUT2D eigenvalue weighted by Crippen LogP contribution is -2.27. The van der Waals surface area contributed by atoms with Crippen LogP contribution in [0.2, 0.25) is 5.15 Å². The first kappa shape index (κ1) is 12.9. The van der Waals surface area contributed by atoms with Gasteiger partial charge in [0, 0.05) is 7.05 Å². The average molecular weight is 243 g/mol. The van der Waals surface area contributed by atoms with E-state index in [1.54, 1.807) is 19.2 Å². The topological polar surface area (TPSA) is 42.4 Å². The highest BCUT2D eigenvalue weighted by molar-refractivity contribution is 6.29. The normalized spacial score (nSPS) is 10.6. The highest BCUT2D eigenvalue weighted by Crippen LogP contribution is 2.20. The molecule has 1 heterocycles. The summed E-state index contributed by atoms with van der Waals surface area (Å²) in [6.45, 7) is 3.92. The van der Waals surface area contributed by atoms with Crippen LogP contribution in [0.25, 0.3) is 0 Å². The average Bonchev–Trinajstić information content (AvgIpc) is 2.26. The Morgan fingerprint density at radius 1 is 1.50 bits per heavy atom. The van der Waals surface area contributed by atoms with E-state index in [4.69, 9.17) is 16.4 Å². The summed E-state index contributed by atoms with van der Waals surface area (Å²) in [6.07, 6.45) is 0. The summed E-state index contributed by atoms with van der Waals surface area (Å²) in [5, 5.41) is 1.55. The van der Waals surface area contributed by atoms with E-state index in [0.29, 0.717) is 16.4 Å². The van der Waals surface area contributed by atoms with Gasteiger partial charge in [-0.1, -0.05) is 25.4 Å². The highest BCUT2D eigenvalue weighted by Gasteiger charge is 2.19. The third-order valence-corrected chi connectivity index (χ3v) is 2.44. The van der Waals surface area contributed by atoms with Gasteiger partial charge in [-0.2, -0.15) is 0 Å². The maximum atomic E-state index is 11.9. The van der Waals surface area contributed by atoms with Gasteiger partial charge in [0.05, 0.1) is 18.4 Å². The largest absolute Gasteiger partial charge is 0.279 e. The van der Waals surface area contributed by atoms with Crippen LogP contribution in [0.1, 0.15) is 35.8 Å². The second-order valence-electron chi connectivity index (χ2n) is 3.71. The van der Waals surface area contributed by atoms with Gasteiger partial charge in [0.15, 0.2) is 0 Å². The molecule has 0 aliphatic heterocycles. The van der Waals surface area contributed by atoms with E-state index >= 15 is 0 Å². The number of hydrogen-bond acceptors (Lipinski definition) is 3. The SMILES string of the molecule is CON(C)C(=O)c1ccc(Cl)nc1C(C)C. The second kappa shape index (κ2) is 5.27. The first-order chi connectivity index (χ1) is 7.47. The zero-order valence-electron chi connectivity index (χ0n) is 9.82. The highest BCUT2D eigenvalue weighted by atomic mass is 35.5. The number of rotatable bonds is 3. The molecule has 16 heavy (non-hydrogen) atoms. The van der Waals surface area contributed by atoms with Gasteiger partial charge in [-0.05, 0) is 18.1 Å². The van der Waals surface area contributed by atoms with Crippen LogP contribution in [0.5, 0.6) is 0 Å². The van der Waals surface area contributed by atoms with Gasteiger partial charge in [0.25, 0.3) is 5.91 Å². The van der Waals surface area contributed by atoms with Crippen LogP contribution in [0, 0.1) is 0 Å². The molecule has 0 bridgehead atoms. The number of pyridine rings is 1. The molecule has 0 radical (unpaired) electrons. The zero-order valence-corrected chi connectivity index (χ0v) is 10.6. The summed E-state index contributed by atoms with van der Waals surface area (Å²) in [4.78, 5) is 21.0. The Morgan fingerprint density at radius 2 is 2.12 bits per heavy atom. The van der Waals surface area contributed by atoms with E-state index in [-0.39, 0.29) is 11.8 Å². The summed E-state index contributed by atoms with van der Waals surface area (Å²) in [7, 11) is 3.00. The minimum Gasteiger partial charge on any atom is -0.274 e. The lowest BCUT2D eigenvalue weighted by molar-refractivity contribution is -0.0758. The molecule has 1 rings (SSSR count). The predicted octanol–water partition coefficient (Wildman–Crippen LogP) is 2.49. The maximum Gasteiger partial charge on any atom is 0.279 e. The van der Waals surface area contributed by atoms with Crippen molar-refractivity contribution < 1.29 is 9.63 Å². The fourth-order valence-electron chi connectivity index (χ4n) is 1.32. The predicted molar refractivity (Wildman–Crippen MR) is 62.4 cm³/mol. The third kappa shape index (κ3) is 2.71. The Labute approximate surface area is 100 Å². The molecule has 0 saturated heterocycles. The molecule has 0 unspecified atom stereocenters. The molecule has 1 amide bonds. The van der Waals surface area contributed by atoms with E-state index < -0.39 is 0 Å². The number of nitrogens with zero attached hydrogens (tertiary/aromatic N) is 2. The fraction of sp³-hybridized carbons (Fsp3) is 0.455. The number of aromatic nitrogens is 1. The van der Waals surface area contributed by atoms with Crippen LogP contribution in [-0.2, 0) is 4.84 Å². The summed E-state index contributed by atoms with van der Waals surface area (Å²) < 4.78 is 0. The Bertz CT molecular complexity index is 394. The summed E-state index contributed by atoms with van der Waals surface area (Å²) >= 11 is 5.81. The van der Waals surface area contributed by atoms with Crippen molar-refractivity contribution in [1.82, 2.24) is 10.0 Å². The van der Waals surface area contributed by atoms with Crippen molar-refractivity contribution in [3.63, 3.8) is 0 Å². The van der Waals surface area contributed by atoms with Crippen LogP contribution in [0.4, 0.5) is 0 Å². The summed E-state index contributed by atoms with van der Waals surface area (Å²) in [5.74, 6) is -0.0988. The van der Waals surface area contributed by atoms with Gasteiger partial charge in [0.1, 0.15) is 5.15 Å². The molecule has 0 aliphatic carbocycles. The zero-order chi connectivity index (χ0) is 12.3. The smallest absolute Gasteiger partial charge is 0.274 e. The van der Waals surface area contributed by atoms with Crippen LogP contribution in [-0.4, -0.2) is 30.1 Å². The number of carbonyl (C=O) groups is 1. The van der Waals surface area contributed by atoms with Crippen molar-refractivity contribution in [2.24, 2.45) is 0 Å². The molecule has 4 nitrogen and oxygen atoms in total.